The molecular weight excluding hydrogens is 364 g/mol. The predicted octanol–water partition coefficient (Wildman–Crippen LogP) is 0.658. The summed E-state index contributed by atoms with van der Waals surface area (Å²) >= 11 is 3.07. The number of aromatic carboxylic acids is 1. The third kappa shape index (κ3) is 3.42. The molecular formula is C12H13BrN2O5S. The highest BCUT2D eigenvalue weighted by atomic mass is 79.9. The molecule has 7 nitrogen and oxygen atoms in total. The Bertz CT molecular complexity index is 689. The normalized spacial score (nSPS) is 17.1. The molecule has 1 aromatic rings. The van der Waals surface area contributed by atoms with Gasteiger partial charge >= 0.3 is 5.97 Å². The maximum Gasteiger partial charge on any atom is 0.336 e. The van der Waals surface area contributed by atoms with Crippen molar-refractivity contribution in [1.82, 2.24) is 9.62 Å². The number of sulfonamides is 1. The lowest BCUT2D eigenvalue weighted by molar-refractivity contribution is -0.120. The topological polar surface area (TPSA) is 104 Å². The number of nitrogens with zero attached hydrogens (tertiary/aromatic N) is 1. The van der Waals surface area contributed by atoms with Gasteiger partial charge in [-0.15, -0.1) is 0 Å². The van der Waals surface area contributed by atoms with Crippen LogP contribution in [0, 0.1) is 0 Å². The molecule has 1 aliphatic heterocycles. The lowest BCUT2D eigenvalue weighted by atomic mass is 10.2. The Balaban J connectivity index is 2.37. The lowest BCUT2D eigenvalue weighted by Crippen LogP contribution is -2.34. The summed E-state index contributed by atoms with van der Waals surface area (Å²) in [4.78, 5) is 22.2. The predicted molar refractivity (Wildman–Crippen MR) is 77.5 cm³/mol. The third-order valence-corrected chi connectivity index (χ3v) is 5.66. The van der Waals surface area contributed by atoms with E-state index in [4.69, 9.17) is 5.11 Å². The first-order valence-electron chi connectivity index (χ1n) is 6.12. The molecule has 9 heteroatoms. The van der Waals surface area contributed by atoms with Crippen LogP contribution in [0.15, 0.2) is 27.6 Å². The Morgan fingerprint density at radius 3 is 2.71 bits per heavy atom. The molecule has 1 amide bonds. The molecule has 2 rings (SSSR count). The van der Waals surface area contributed by atoms with Crippen molar-refractivity contribution >= 4 is 37.8 Å². The molecule has 21 heavy (non-hydrogen) atoms. The van der Waals surface area contributed by atoms with Crippen molar-refractivity contribution in [3.63, 3.8) is 0 Å². The lowest BCUT2D eigenvalue weighted by Gasteiger charge is -2.19. The second-order valence-electron chi connectivity index (χ2n) is 4.45. The van der Waals surface area contributed by atoms with Crippen LogP contribution < -0.4 is 5.32 Å². The molecule has 0 bridgehead atoms. The van der Waals surface area contributed by atoms with Gasteiger partial charge in [-0.05, 0) is 34.1 Å². The van der Waals surface area contributed by atoms with Crippen LogP contribution >= 0.6 is 15.9 Å². The Morgan fingerprint density at radius 2 is 2.05 bits per heavy atom. The summed E-state index contributed by atoms with van der Waals surface area (Å²) in [7, 11) is -3.82. The van der Waals surface area contributed by atoms with Crippen molar-refractivity contribution in [1.29, 1.82) is 0 Å². The number of nitrogens with one attached hydrogen (secondary N) is 1. The average Bonchev–Trinajstić information content (AvgIpc) is 2.63. The standard InChI is InChI=1S/C12H13BrN2O5S/c13-10-2-1-8(7-9(10)12(17)18)21(19,20)15-5-3-11(16)14-4-6-15/h1-2,7H,3-6H2,(H,14,16)(H,17,18). The Hall–Kier alpha value is -1.45. The number of carbonyl (C=O) groups excluding carboxylic acids is 1. The van der Waals surface area contributed by atoms with Crippen LogP contribution in [-0.4, -0.2) is 49.3 Å². The second kappa shape index (κ2) is 6.12. The van der Waals surface area contributed by atoms with E-state index in [1.165, 1.54) is 16.4 Å². The van der Waals surface area contributed by atoms with Gasteiger partial charge < -0.3 is 10.4 Å². The fraction of sp³-hybridized carbons (Fsp3) is 0.333. The number of halogens is 1. The van der Waals surface area contributed by atoms with Gasteiger partial charge in [0.15, 0.2) is 0 Å². The fourth-order valence-electron chi connectivity index (χ4n) is 1.96. The van der Waals surface area contributed by atoms with Gasteiger partial charge in [0.05, 0.1) is 10.5 Å². The van der Waals surface area contributed by atoms with Gasteiger partial charge in [-0.1, -0.05) is 0 Å². The number of hydrogen-bond donors (Lipinski definition) is 2. The van der Waals surface area contributed by atoms with Crippen LogP contribution in [0.4, 0.5) is 0 Å². The molecule has 0 unspecified atom stereocenters. The Kier molecular flexibility index (Phi) is 4.64. The van der Waals surface area contributed by atoms with Crippen LogP contribution in [0.5, 0.6) is 0 Å². The van der Waals surface area contributed by atoms with E-state index in [9.17, 15) is 18.0 Å². The van der Waals surface area contributed by atoms with Gasteiger partial charge in [-0.2, -0.15) is 4.31 Å². The highest BCUT2D eigenvalue weighted by Crippen LogP contribution is 2.23. The minimum Gasteiger partial charge on any atom is -0.478 e. The molecule has 1 saturated heterocycles. The van der Waals surface area contributed by atoms with Crippen molar-refractivity contribution in [3.8, 4) is 0 Å². The maximum absolute atomic E-state index is 12.5. The van der Waals surface area contributed by atoms with Crippen molar-refractivity contribution in [2.24, 2.45) is 0 Å². The number of carboxylic acid groups (broad SMARTS) is 1. The molecule has 0 aliphatic carbocycles. The monoisotopic (exact) mass is 376 g/mol. The zero-order valence-electron chi connectivity index (χ0n) is 10.9. The third-order valence-electron chi connectivity index (χ3n) is 3.08. The van der Waals surface area contributed by atoms with E-state index in [1.54, 1.807) is 0 Å². The van der Waals surface area contributed by atoms with Crippen LogP contribution in [0.1, 0.15) is 16.8 Å². The number of carbonyl (C=O) groups is 2. The van der Waals surface area contributed by atoms with Crippen LogP contribution in [0.2, 0.25) is 0 Å². The van der Waals surface area contributed by atoms with Crippen molar-refractivity contribution in [3.05, 3.63) is 28.2 Å². The number of benzene rings is 1. The zero-order valence-corrected chi connectivity index (χ0v) is 13.3. The number of amides is 1. The fourth-order valence-corrected chi connectivity index (χ4v) is 3.85. The molecule has 114 valence electrons. The largest absolute Gasteiger partial charge is 0.478 e. The van der Waals surface area contributed by atoms with E-state index < -0.39 is 16.0 Å². The minimum atomic E-state index is -3.82. The summed E-state index contributed by atoms with van der Waals surface area (Å²) in [5.41, 5.74) is -0.125. The van der Waals surface area contributed by atoms with E-state index in [0.717, 1.165) is 6.07 Å². The molecule has 0 radical (unpaired) electrons. The van der Waals surface area contributed by atoms with Gasteiger partial charge in [0, 0.05) is 30.5 Å². The zero-order chi connectivity index (χ0) is 15.6. The van der Waals surface area contributed by atoms with E-state index in [-0.39, 0.29) is 42.4 Å². The maximum atomic E-state index is 12.5. The molecule has 0 spiro atoms. The quantitative estimate of drug-likeness (QED) is 0.806. The summed E-state index contributed by atoms with van der Waals surface area (Å²) in [5, 5.41) is 11.6. The van der Waals surface area contributed by atoms with Gasteiger partial charge in [-0.3, -0.25) is 4.79 Å². The van der Waals surface area contributed by atoms with Gasteiger partial charge in [0.1, 0.15) is 0 Å². The smallest absolute Gasteiger partial charge is 0.336 e. The molecule has 0 aromatic heterocycles. The molecule has 0 saturated carbocycles. The van der Waals surface area contributed by atoms with E-state index in [2.05, 4.69) is 21.2 Å². The van der Waals surface area contributed by atoms with Gasteiger partial charge in [-0.25, -0.2) is 13.2 Å². The van der Waals surface area contributed by atoms with E-state index in [1.807, 2.05) is 0 Å². The summed E-state index contributed by atoms with van der Waals surface area (Å²) < 4.78 is 26.5. The second-order valence-corrected chi connectivity index (χ2v) is 7.24. The Labute approximate surface area is 130 Å². The minimum absolute atomic E-state index is 0.0760. The number of hydrogen-bond acceptors (Lipinski definition) is 4. The van der Waals surface area contributed by atoms with E-state index >= 15 is 0 Å². The first-order valence-corrected chi connectivity index (χ1v) is 8.35. The average molecular weight is 377 g/mol. The molecule has 1 heterocycles. The molecule has 2 N–H and O–H groups in total. The van der Waals surface area contributed by atoms with Crippen molar-refractivity contribution < 1.29 is 23.1 Å². The van der Waals surface area contributed by atoms with E-state index in [0.29, 0.717) is 4.47 Å². The van der Waals surface area contributed by atoms with Crippen LogP contribution in [0.25, 0.3) is 0 Å². The van der Waals surface area contributed by atoms with Crippen LogP contribution in [-0.2, 0) is 14.8 Å². The van der Waals surface area contributed by atoms with Crippen LogP contribution in [0.3, 0.4) is 0 Å². The first kappa shape index (κ1) is 15.9. The highest BCUT2D eigenvalue weighted by molar-refractivity contribution is 9.10. The highest BCUT2D eigenvalue weighted by Gasteiger charge is 2.27. The number of rotatable bonds is 3. The summed E-state index contributed by atoms with van der Waals surface area (Å²) in [5.74, 6) is -1.42. The molecule has 0 atom stereocenters. The molecule has 1 aromatic carbocycles. The van der Waals surface area contributed by atoms with Gasteiger partial charge in [0.2, 0.25) is 15.9 Å². The van der Waals surface area contributed by atoms with Crippen molar-refractivity contribution in [2.75, 3.05) is 19.6 Å². The first-order chi connectivity index (χ1) is 9.82. The Morgan fingerprint density at radius 1 is 1.33 bits per heavy atom. The number of carboxylic acids is 1. The molecule has 1 aliphatic rings. The summed E-state index contributed by atoms with van der Waals surface area (Å²) in [6.45, 7) is 0.472. The van der Waals surface area contributed by atoms with Gasteiger partial charge in [0.25, 0.3) is 0 Å². The summed E-state index contributed by atoms with van der Waals surface area (Å²) in [6.07, 6.45) is 0.0849. The summed E-state index contributed by atoms with van der Waals surface area (Å²) in [6, 6.07) is 3.84. The van der Waals surface area contributed by atoms with Crippen molar-refractivity contribution in [2.45, 2.75) is 11.3 Å². The SMILES string of the molecule is O=C1CCN(S(=O)(=O)c2ccc(Br)c(C(=O)O)c2)CCN1. The molecule has 1 fully saturated rings.